The molecule has 5 rings (SSSR count). The molecule has 2 aliphatic rings. The van der Waals surface area contributed by atoms with Crippen LogP contribution >= 0.6 is 0 Å². The fraction of sp³-hybridized carbons (Fsp3) is 0.296. The maximum absolute atomic E-state index is 13.5. The molecule has 10 heteroatoms. The normalized spacial score (nSPS) is 19.0. The van der Waals surface area contributed by atoms with E-state index in [-0.39, 0.29) is 43.1 Å². The van der Waals surface area contributed by atoms with E-state index in [2.05, 4.69) is 5.32 Å². The van der Waals surface area contributed by atoms with Gasteiger partial charge in [-0.2, -0.15) is 4.31 Å². The molecule has 3 aromatic rings. The molecule has 0 aliphatic carbocycles. The largest absolute Gasteiger partial charge is 0.497 e. The molecule has 2 aliphatic heterocycles. The van der Waals surface area contributed by atoms with Crippen molar-refractivity contribution in [2.75, 3.05) is 34.1 Å². The number of methoxy groups -OCH3 is 2. The lowest BCUT2D eigenvalue weighted by Crippen LogP contribution is -2.35. The molecule has 0 aromatic heterocycles. The fourth-order valence-electron chi connectivity index (χ4n) is 4.79. The van der Waals surface area contributed by atoms with Gasteiger partial charge >= 0.3 is 0 Å². The fourth-order valence-corrected chi connectivity index (χ4v) is 6.28. The molecule has 3 aromatic carbocycles. The first-order chi connectivity index (χ1) is 17.9. The minimum Gasteiger partial charge on any atom is -0.497 e. The Bertz CT molecular complexity index is 1390. The smallest absolute Gasteiger partial charge is 0.243 e. The van der Waals surface area contributed by atoms with Gasteiger partial charge in [-0.1, -0.05) is 24.3 Å². The molecule has 0 radical (unpaired) electrons. The Morgan fingerprint density at radius 1 is 0.973 bits per heavy atom. The van der Waals surface area contributed by atoms with Crippen molar-refractivity contribution in [2.24, 2.45) is 5.92 Å². The second-order valence-corrected chi connectivity index (χ2v) is 10.8. The topological polar surface area (TPSA) is 103 Å². The van der Waals surface area contributed by atoms with Crippen molar-refractivity contribution < 1.29 is 32.2 Å². The molecule has 2 atom stereocenters. The van der Waals surface area contributed by atoms with Gasteiger partial charge in [0.15, 0.2) is 11.5 Å². The zero-order valence-corrected chi connectivity index (χ0v) is 21.4. The van der Waals surface area contributed by atoms with Gasteiger partial charge in [0, 0.05) is 25.6 Å². The number of nitrogens with one attached hydrogen (secondary N) is 1. The van der Waals surface area contributed by atoms with E-state index in [1.807, 2.05) is 36.4 Å². The number of sulfonamides is 1. The molecule has 2 heterocycles. The van der Waals surface area contributed by atoms with Crippen LogP contribution in [-0.4, -0.2) is 52.7 Å². The second kappa shape index (κ2) is 10.3. The number of ether oxygens (including phenoxy) is 4. The quantitative estimate of drug-likeness (QED) is 0.483. The summed E-state index contributed by atoms with van der Waals surface area (Å²) in [5.41, 5.74) is 1.65. The number of hydrogen-bond donors (Lipinski definition) is 1. The van der Waals surface area contributed by atoms with Gasteiger partial charge in [0.1, 0.15) is 11.5 Å². The number of rotatable bonds is 8. The molecule has 0 bridgehead atoms. The van der Waals surface area contributed by atoms with Crippen LogP contribution in [0.5, 0.6) is 23.0 Å². The molecule has 1 saturated heterocycles. The zero-order chi connectivity index (χ0) is 26.0. The maximum atomic E-state index is 13.5. The highest BCUT2D eigenvalue weighted by molar-refractivity contribution is 7.89. The zero-order valence-electron chi connectivity index (χ0n) is 20.5. The molecular weight excluding hydrogens is 496 g/mol. The van der Waals surface area contributed by atoms with Crippen molar-refractivity contribution in [1.29, 1.82) is 0 Å². The van der Waals surface area contributed by atoms with Crippen LogP contribution in [0.1, 0.15) is 17.0 Å². The van der Waals surface area contributed by atoms with E-state index >= 15 is 0 Å². The number of hydrogen-bond acceptors (Lipinski definition) is 7. The van der Waals surface area contributed by atoms with Crippen LogP contribution in [0.3, 0.4) is 0 Å². The summed E-state index contributed by atoms with van der Waals surface area (Å²) in [4.78, 5) is 13.6. The summed E-state index contributed by atoms with van der Waals surface area (Å²) in [5.74, 6) is 1.25. The Morgan fingerprint density at radius 2 is 1.73 bits per heavy atom. The number of para-hydroxylation sites is 1. The third kappa shape index (κ3) is 4.94. The lowest BCUT2D eigenvalue weighted by Gasteiger charge is -2.20. The predicted molar refractivity (Wildman–Crippen MR) is 135 cm³/mol. The second-order valence-electron chi connectivity index (χ2n) is 8.86. The van der Waals surface area contributed by atoms with Crippen molar-refractivity contribution in [2.45, 2.75) is 17.4 Å². The van der Waals surface area contributed by atoms with E-state index in [0.717, 1.165) is 11.1 Å². The van der Waals surface area contributed by atoms with Gasteiger partial charge in [-0.25, -0.2) is 8.42 Å². The molecule has 0 unspecified atom stereocenters. The van der Waals surface area contributed by atoms with Gasteiger partial charge in [0.2, 0.25) is 22.7 Å². The third-order valence-corrected chi connectivity index (χ3v) is 8.61. The highest BCUT2D eigenvalue weighted by Gasteiger charge is 2.44. The molecular formula is C27H28N2O7S. The van der Waals surface area contributed by atoms with Crippen LogP contribution in [0, 0.1) is 5.92 Å². The molecule has 0 saturated carbocycles. The van der Waals surface area contributed by atoms with Crippen molar-refractivity contribution in [3.05, 3.63) is 77.9 Å². The van der Waals surface area contributed by atoms with Crippen molar-refractivity contribution >= 4 is 15.9 Å². The third-order valence-electron chi connectivity index (χ3n) is 6.76. The van der Waals surface area contributed by atoms with Crippen LogP contribution in [0.15, 0.2) is 71.6 Å². The van der Waals surface area contributed by atoms with Gasteiger partial charge in [-0.15, -0.1) is 0 Å². The van der Waals surface area contributed by atoms with E-state index < -0.39 is 15.9 Å². The van der Waals surface area contributed by atoms with Gasteiger partial charge in [0.25, 0.3) is 0 Å². The Hall–Kier alpha value is -3.76. The Balaban J connectivity index is 1.40. The predicted octanol–water partition coefficient (Wildman–Crippen LogP) is 3.15. The summed E-state index contributed by atoms with van der Waals surface area (Å²) in [6.45, 7) is 0.642. The lowest BCUT2D eigenvalue weighted by molar-refractivity contribution is -0.125. The van der Waals surface area contributed by atoms with Crippen molar-refractivity contribution in [3.63, 3.8) is 0 Å². The Labute approximate surface area is 216 Å². The molecule has 1 N–H and O–H groups in total. The molecule has 1 fully saturated rings. The minimum atomic E-state index is -3.84. The number of nitrogens with zero attached hydrogens (tertiary/aromatic N) is 1. The van der Waals surface area contributed by atoms with Gasteiger partial charge < -0.3 is 24.3 Å². The van der Waals surface area contributed by atoms with Crippen LogP contribution in [0.4, 0.5) is 0 Å². The van der Waals surface area contributed by atoms with Crippen LogP contribution < -0.4 is 24.3 Å². The average molecular weight is 525 g/mol. The summed E-state index contributed by atoms with van der Waals surface area (Å²) < 4.78 is 49.9. The lowest BCUT2D eigenvalue weighted by atomic mass is 9.87. The van der Waals surface area contributed by atoms with Crippen LogP contribution in [0.2, 0.25) is 0 Å². The average Bonchev–Trinajstić information content (AvgIpc) is 3.59. The first-order valence-electron chi connectivity index (χ1n) is 11.8. The molecule has 37 heavy (non-hydrogen) atoms. The minimum absolute atomic E-state index is 0.0457. The number of amides is 1. The maximum Gasteiger partial charge on any atom is 0.243 e. The summed E-state index contributed by atoms with van der Waals surface area (Å²) in [5, 5.41) is 2.98. The van der Waals surface area contributed by atoms with Crippen LogP contribution in [0.25, 0.3) is 0 Å². The number of carbonyl (C=O) groups excluding carboxylic acids is 1. The first kappa shape index (κ1) is 24.9. The number of carbonyl (C=O) groups is 1. The highest BCUT2D eigenvalue weighted by Crippen LogP contribution is 2.40. The van der Waals surface area contributed by atoms with E-state index in [4.69, 9.17) is 18.9 Å². The Kier molecular flexibility index (Phi) is 6.94. The summed E-state index contributed by atoms with van der Waals surface area (Å²) in [6.07, 6.45) is 0. The standard InChI is InChI=1S/C27H28N2O7S/c1-33-19-8-10-20(11-9-19)37(31,32)29-15-22(21-5-3-4-6-24(21)34-2)23(16-29)27(30)28-14-18-7-12-25-26(13-18)36-17-35-25/h3-13,22-23H,14-17H2,1-2H3,(H,28,30)/t22-,23-/m0/s1. The van der Waals surface area contributed by atoms with Gasteiger partial charge in [-0.05, 0) is 53.6 Å². The number of benzene rings is 3. The number of fused-ring (bicyclic) bond motifs is 1. The molecule has 9 nitrogen and oxygen atoms in total. The van der Waals surface area contributed by atoms with E-state index in [1.54, 1.807) is 25.3 Å². The van der Waals surface area contributed by atoms with Crippen molar-refractivity contribution in [3.8, 4) is 23.0 Å². The highest BCUT2D eigenvalue weighted by atomic mass is 32.2. The van der Waals surface area contributed by atoms with Gasteiger partial charge in [0.05, 0.1) is 25.0 Å². The summed E-state index contributed by atoms with van der Waals surface area (Å²) in [6, 6.07) is 19.1. The molecule has 194 valence electrons. The van der Waals surface area contributed by atoms with E-state index in [1.165, 1.54) is 23.5 Å². The van der Waals surface area contributed by atoms with E-state index in [9.17, 15) is 13.2 Å². The Morgan fingerprint density at radius 3 is 2.49 bits per heavy atom. The summed E-state index contributed by atoms with van der Waals surface area (Å²) in [7, 11) is -0.752. The monoisotopic (exact) mass is 524 g/mol. The van der Waals surface area contributed by atoms with Gasteiger partial charge in [-0.3, -0.25) is 4.79 Å². The van der Waals surface area contributed by atoms with Crippen molar-refractivity contribution in [1.82, 2.24) is 9.62 Å². The molecule has 1 amide bonds. The molecule has 0 spiro atoms. The SMILES string of the molecule is COc1ccc(S(=O)(=O)N2C[C@H](C(=O)NCc3ccc4c(c3)OCO4)[C@H](c3ccccc3OC)C2)cc1. The van der Waals surface area contributed by atoms with Crippen LogP contribution in [-0.2, 0) is 21.4 Å². The summed E-state index contributed by atoms with van der Waals surface area (Å²) >= 11 is 0. The van der Waals surface area contributed by atoms with E-state index in [0.29, 0.717) is 23.0 Å². The first-order valence-corrected chi connectivity index (χ1v) is 13.3.